The molecule has 0 amide bonds. The Kier molecular flexibility index (Phi) is 8.77. The van der Waals surface area contributed by atoms with Gasteiger partial charge in [-0.25, -0.2) is 0 Å². The van der Waals surface area contributed by atoms with Crippen molar-refractivity contribution in [2.24, 2.45) is 0 Å². The van der Waals surface area contributed by atoms with Gasteiger partial charge >= 0.3 is 0 Å². The number of benzene rings is 2. The lowest BCUT2D eigenvalue weighted by molar-refractivity contribution is 0.219. The summed E-state index contributed by atoms with van der Waals surface area (Å²) in [5.74, 6) is 0. The number of rotatable bonds is 9. The maximum absolute atomic E-state index is 7.21. The molecule has 0 fully saturated rings. The molecule has 146 valence electrons. The van der Waals surface area contributed by atoms with E-state index < -0.39 is 8.32 Å². The van der Waals surface area contributed by atoms with E-state index in [1.54, 1.807) is 0 Å². The van der Waals surface area contributed by atoms with E-state index in [9.17, 15) is 0 Å². The standard InChI is InChI=1S/C24H33IOSi/c1-5-6-9-14-21(19-20-25)26-27(24(2,3)4,22-15-10-7-11-16-22)23-17-12-8-13-18-23/h7-8,10-13,15-21H,5-6,9,14H2,1-4H3/b20-19+/t21-/m1/s1. The van der Waals surface area contributed by atoms with Crippen LogP contribution in [0, 0.1) is 0 Å². The smallest absolute Gasteiger partial charge is 0.261 e. The lowest BCUT2D eigenvalue weighted by Gasteiger charge is -2.44. The lowest BCUT2D eigenvalue weighted by Crippen LogP contribution is -2.67. The summed E-state index contributed by atoms with van der Waals surface area (Å²) in [6.07, 6.45) is 7.18. The van der Waals surface area contributed by atoms with Gasteiger partial charge in [0, 0.05) is 0 Å². The van der Waals surface area contributed by atoms with E-state index >= 15 is 0 Å². The minimum atomic E-state index is -2.46. The molecule has 0 N–H and O–H groups in total. The van der Waals surface area contributed by atoms with Crippen molar-refractivity contribution in [2.75, 3.05) is 0 Å². The number of hydrogen-bond donors (Lipinski definition) is 0. The molecule has 27 heavy (non-hydrogen) atoms. The van der Waals surface area contributed by atoms with E-state index in [0.717, 1.165) is 6.42 Å². The first kappa shape index (κ1) is 22.4. The summed E-state index contributed by atoms with van der Waals surface area (Å²) in [5.41, 5.74) is 0. The third-order valence-corrected chi connectivity index (χ3v) is 10.6. The van der Waals surface area contributed by atoms with Crippen molar-refractivity contribution < 1.29 is 4.43 Å². The molecule has 0 unspecified atom stereocenters. The average molecular weight is 493 g/mol. The van der Waals surface area contributed by atoms with Crippen LogP contribution in [0.1, 0.15) is 53.4 Å². The number of unbranched alkanes of at least 4 members (excludes halogenated alkanes) is 2. The Morgan fingerprint density at radius 3 is 1.85 bits per heavy atom. The van der Waals surface area contributed by atoms with Crippen LogP contribution in [0.5, 0.6) is 0 Å². The minimum absolute atomic E-state index is 0.0256. The first-order chi connectivity index (χ1) is 13.0. The Labute approximate surface area is 180 Å². The highest BCUT2D eigenvalue weighted by Crippen LogP contribution is 2.38. The molecule has 0 saturated carbocycles. The largest absolute Gasteiger partial charge is 0.401 e. The van der Waals surface area contributed by atoms with Gasteiger partial charge in [-0.1, -0.05) is 136 Å². The van der Waals surface area contributed by atoms with E-state index in [1.165, 1.54) is 29.6 Å². The van der Waals surface area contributed by atoms with Gasteiger partial charge in [-0.15, -0.1) is 0 Å². The molecule has 0 saturated heterocycles. The molecule has 2 aromatic rings. The minimum Gasteiger partial charge on any atom is -0.401 e. The van der Waals surface area contributed by atoms with Gasteiger partial charge in [-0.05, 0) is 25.9 Å². The summed E-state index contributed by atoms with van der Waals surface area (Å²) < 4.78 is 9.33. The molecule has 0 bridgehead atoms. The third-order valence-electron chi connectivity index (χ3n) is 5.12. The van der Waals surface area contributed by atoms with Crippen LogP contribution in [0.3, 0.4) is 0 Å². The van der Waals surface area contributed by atoms with Crippen LogP contribution in [0.4, 0.5) is 0 Å². The SMILES string of the molecule is CCCCC[C@H](/C=C/I)O[Si](c1ccccc1)(c1ccccc1)C(C)(C)C. The summed E-state index contributed by atoms with van der Waals surface area (Å²) in [6.45, 7) is 9.29. The Hall–Kier alpha value is -0.913. The quantitative estimate of drug-likeness (QED) is 0.222. The molecule has 3 heteroatoms. The van der Waals surface area contributed by atoms with Crippen LogP contribution in [0.2, 0.25) is 5.04 Å². The van der Waals surface area contributed by atoms with Gasteiger partial charge in [0.25, 0.3) is 8.32 Å². The van der Waals surface area contributed by atoms with Crippen LogP contribution in [-0.2, 0) is 4.43 Å². The monoisotopic (exact) mass is 492 g/mol. The van der Waals surface area contributed by atoms with Gasteiger partial charge in [0.15, 0.2) is 0 Å². The van der Waals surface area contributed by atoms with Crippen molar-refractivity contribution in [3.05, 3.63) is 70.8 Å². The highest BCUT2D eigenvalue weighted by Gasteiger charge is 2.51. The summed E-state index contributed by atoms with van der Waals surface area (Å²) in [5, 5.41) is 2.73. The van der Waals surface area contributed by atoms with Gasteiger partial charge in [0.05, 0.1) is 6.10 Å². The first-order valence-corrected chi connectivity index (χ1v) is 13.2. The Balaban J connectivity index is 2.57. The molecule has 1 atom stereocenters. The predicted molar refractivity (Wildman–Crippen MR) is 130 cm³/mol. The van der Waals surface area contributed by atoms with Crippen molar-refractivity contribution >= 4 is 41.3 Å². The molecule has 0 aliphatic heterocycles. The van der Waals surface area contributed by atoms with Crippen molar-refractivity contribution in [3.8, 4) is 0 Å². The Bertz CT molecular complexity index is 652. The van der Waals surface area contributed by atoms with E-state index in [4.69, 9.17) is 4.43 Å². The van der Waals surface area contributed by atoms with Crippen molar-refractivity contribution in [2.45, 2.75) is 64.5 Å². The summed E-state index contributed by atoms with van der Waals surface area (Å²) in [6, 6.07) is 21.8. The van der Waals surface area contributed by atoms with Crippen LogP contribution < -0.4 is 10.4 Å². The zero-order valence-electron chi connectivity index (χ0n) is 17.1. The third kappa shape index (κ3) is 5.55. The van der Waals surface area contributed by atoms with Crippen LogP contribution in [-0.4, -0.2) is 14.4 Å². The summed E-state index contributed by atoms with van der Waals surface area (Å²) in [7, 11) is -2.46. The molecule has 0 aliphatic carbocycles. The van der Waals surface area contributed by atoms with E-state index in [0.29, 0.717) is 0 Å². The second kappa shape index (κ2) is 10.6. The fourth-order valence-electron chi connectivity index (χ4n) is 3.79. The number of hydrogen-bond acceptors (Lipinski definition) is 1. The predicted octanol–water partition coefficient (Wildman–Crippen LogP) is 6.46. The van der Waals surface area contributed by atoms with Crippen molar-refractivity contribution in [3.63, 3.8) is 0 Å². The van der Waals surface area contributed by atoms with E-state index in [1.807, 2.05) is 0 Å². The maximum atomic E-state index is 7.21. The zero-order chi connectivity index (χ0) is 19.8. The van der Waals surface area contributed by atoms with Crippen LogP contribution in [0.15, 0.2) is 70.8 Å². The summed E-state index contributed by atoms with van der Waals surface area (Å²) >= 11 is 2.32. The van der Waals surface area contributed by atoms with Gasteiger partial charge in [-0.2, -0.15) is 0 Å². The molecule has 2 aromatic carbocycles. The highest BCUT2D eigenvalue weighted by atomic mass is 127. The second-order valence-corrected chi connectivity index (χ2v) is 13.1. The molecule has 2 rings (SSSR count). The van der Waals surface area contributed by atoms with Crippen LogP contribution in [0.25, 0.3) is 0 Å². The fraction of sp³-hybridized carbons (Fsp3) is 0.417. The van der Waals surface area contributed by atoms with Gasteiger partial charge < -0.3 is 4.43 Å². The van der Waals surface area contributed by atoms with Gasteiger partial charge in [0.2, 0.25) is 0 Å². The molecule has 0 heterocycles. The average Bonchev–Trinajstić information content (AvgIpc) is 2.66. The van der Waals surface area contributed by atoms with Crippen molar-refractivity contribution in [1.82, 2.24) is 0 Å². The normalized spacial score (nSPS) is 13.8. The first-order valence-electron chi connectivity index (χ1n) is 10.0. The highest BCUT2D eigenvalue weighted by molar-refractivity contribution is 14.1. The van der Waals surface area contributed by atoms with Gasteiger partial charge in [0.1, 0.15) is 0 Å². The zero-order valence-corrected chi connectivity index (χ0v) is 20.3. The molecule has 0 aliphatic rings. The molecule has 0 aromatic heterocycles. The number of halogens is 1. The molecule has 0 spiro atoms. The lowest BCUT2D eigenvalue weighted by atomic mass is 10.1. The maximum Gasteiger partial charge on any atom is 0.261 e. The Morgan fingerprint density at radius 1 is 0.926 bits per heavy atom. The molecule has 1 nitrogen and oxygen atoms in total. The molecular weight excluding hydrogens is 459 g/mol. The van der Waals surface area contributed by atoms with Gasteiger partial charge in [-0.3, -0.25) is 0 Å². The second-order valence-electron chi connectivity index (χ2n) is 8.13. The molecule has 0 radical (unpaired) electrons. The molecular formula is C24H33IOSi. The Morgan fingerprint density at radius 2 is 1.44 bits per heavy atom. The topological polar surface area (TPSA) is 9.23 Å². The van der Waals surface area contributed by atoms with Crippen LogP contribution >= 0.6 is 22.6 Å². The van der Waals surface area contributed by atoms with Crippen molar-refractivity contribution in [1.29, 1.82) is 0 Å². The fourth-order valence-corrected chi connectivity index (χ4v) is 8.92. The van der Waals surface area contributed by atoms with E-state index in [-0.39, 0.29) is 11.1 Å². The van der Waals surface area contributed by atoms with E-state index in [2.05, 4.69) is 121 Å². The summed E-state index contributed by atoms with van der Waals surface area (Å²) in [4.78, 5) is 0.